The molecule has 0 saturated carbocycles. The molecule has 0 radical (unpaired) electrons. The summed E-state index contributed by atoms with van der Waals surface area (Å²) in [5, 5.41) is 0. The zero-order chi connectivity index (χ0) is 12.4. The predicted octanol–water partition coefficient (Wildman–Crippen LogP) is 2.44. The Morgan fingerprint density at radius 1 is 1.59 bits per heavy atom. The minimum Gasteiger partial charge on any atom is -0.389 e. The molecular weight excluding hydrogens is 235 g/mol. The number of nitrogens with two attached hydrogens (primary N) is 1. The van der Waals surface area contributed by atoms with Crippen molar-refractivity contribution in [3.8, 4) is 0 Å². The van der Waals surface area contributed by atoms with Crippen molar-refractivity contribution in [2.75, 3.05) is 6.54 Å². The van der Waals surface area contributed by atoms with Gasteiger partial charge >= 0.3 is 0 Å². The molecular formula is C13H17FN2S. The molecule has 92 valence electrons. The van der Waals surface area contributed by atoms with E-state index in [1.807, 2.05) is 0 Å². The Morgan fingerprint density at radius 3 is 2.94 bits per heavy atom. The van der Waals surface area contributed by atoms with Gasteiger partial charge in [0.05, 0.1) is 0 Å². The average Bonchev–Trinajstić information content (AvgIpc) is 2.64. The molecule has 1 unspecified atom stereocenters. The van der Waals surface area contributed by atoms with Crippen LogP contribution in [-0.4, -0.2) is 22.5 Å². The van der Waals surface area contributed by atoms with Crippen LogP contribution >= 0.6 is 12.2 Å². The standard InChI is InChI=1S/C13H17FN2S/c1-9-3-2-6-16(9)8-10-7-11(14)4-5-12(10)13(15)17/h4-5,7,9H,2-3,6,8H2,1H3,(H2,15,17). The maximum absolute atomic E-state index is 13.3. The molecule has 1 aliphatic heterocycles. The van der Waals surface area contributed by atoms with Crippen molar-refractivity contribution >= 4 is 17.2 Å². The number of hydrogen-bond donors (Lipinski definition) is 1. The van der Waals surface area contributed by atoms with E-state index in [2.05, 4.69) is 11.8 Å². The molecule has 2 N–H and O–H groups in total. The van der Waals surface area contributed by atoms with Crippen LogP contribution in [0.4, 0.5) is 4.39 Å². The van der Waals surface area contributed by atoms with Crippen molar-refractivity contribution in [3.63, 3.8) is 0 Å². The Kier molecular flexibility index (Phi) is 3.74. The number of halogens is 1. The summed E-state index contributed by atoms with van der Waals surface area (Å²) in [5.74, 6) is -0.230. The van der Waals surface area contributed by atoms with E-state index in [1.165, 1.54) is 18.9 Å². The molecule has 1 aromatic rings. The van der Waals surface area contributed by atoms with Crippen molar-refractivity contribution in [2.45, 2.75) is 32.4 Å². The van der Waals surface area contributed by atoms with Crippen molar-refractivity contribution < 1.29 is 4.39 Å². The van der Waals surface area contributed by atoms with E-state index in [-0.39, 0.29) is 5.82 Å². The van der Waals surface area contributed by atoms with Gasteiger partial charge in [0, 0.05) is 18.2 Å². The second kappa shape index (κ2) is 5.10. The van der Waals surface area contributed by atoms with E-state index in [0.29, 0.717) is 11.0 Å². The van der Waals surface area contributed by atoms with E-state index < -0.39 is 0 Å². The molecule has 1 atom stereocenters. The highest BCUT2D eigenvalue weighted by Crippen LogP contribution is 2.21. The molecule has 4 heteroatoms. The normalized spacial score (nSPS) is 20.7. The monoisotopic (exact) mass is 252 g/mol. The summed E-state index contributed by atoms with van der Waals surface area (Å²) >= 11 is 5.00. The molecule has 0 spiro atoms. The van der Waals surface area contributed by atoms with Gasteiger partial charge in [-0.15, -0.1) is 0 Å². The first-order valence-corrected chi connectivity index (χ1v) is 6.31. The van der Waals surface area contributed by atoms with Crippen LogP contribution in [-0.2, 0) is 6.54 Å². The minimum atomic E-state index is -0.230. The lowest BCUT2D eigenvalue weighted by molar-refractivity contribution is 0.260. The molecule has 1 aliphatic rings. The third-order valence-corrected chi connectivity index (χ3v) is 3.62. The second-order valence-electron chi connectivity index (χ2n) is 4.63. The Morgan fingerprint density at radius 2 is 2.35 bits per heavy atom. The van der Waals surface area contributed by atoms with Gasteiger partial charge in [0.2, 0.25) is 0 Å². The van der Waals surface area contributed by atoms with Gasteiger partial charge in [-0.2, -0.15) is 0 Å². The molecule has 1 saturated heterocycles. The van der Waals surface area contributed by atoms with Gasteiger partial charge in [0.15, 0.2) is 0 Å². The summed E-state index contributed by atoms with van der Waals surface area (Å²) in [6.07, 6.45) is 2.41. The first-order valence-electron chi connectivity index (χ1n) is 5.90. The van der Waals surface area contributed by atoms with Gasteiger partial charge < -0.3 is 5.73 Å². The first-order chi connectivity index (χ1) is 8.08. The van der Waals surface area contributed by atoms with Crippen LogP contribution in [0.25, 0.3) is 0 Å². The molecule has 2 nitrogen and oxygen atoms in total. The van der Waals surface area contributed by atoms with E-state index in [9.17, 15) is 4.39 Å². The summed E-state index contributed by atoms with van der Waals surface area (Å²) in [6, 6.07) is 5.18. The lowest BCUT2D eigenvalue weighted by atomic mass is 10.1. The summed E-state index contributed by atoms with van der Waals surface area (Å²) in [5.41, 5.74) is 7.35. The lowest BCUT2D eigenvalue weighted by Crippen LogP contribution is -2.27. The van der Waals surface area contributed by atoms with E-state index >= 15 is 0 Å². The fourth-order valence-corrected chi connectivity index (χ4v) is 2.58. The smallest absolute Gasteiger partial charge is 0.123 e. The molecule has 17 heavy (non-hydrogen) atoms. The number of thiocarbonyl (C=S) groups is 1. The fourth-order valence-electron chi connectivity index (χ4n) is 2.38. The van der Waals surface area contributed by atoms with Gasteiger partial charge in [-0.25, -0.2) is 4.39 Å². The maximum Gasteiger partial charge on any atom is 0.123 e. The number of nitrogens with zero attached hydrogens (tertiary/aromatic N) is 1. The third kappa shape index (κ3) is 2.82. The van der Waals surface area contributed by atoms with Crippen molar-refractivity contribution in [1.29, 1.82) is 0 Å². The molecule has 0 amide bonds. The summed E-state index contributed by atoms with van der Waals surface area (Å²) in [6.45, 7) is 3.99. The van der Waals surface area contributed by atoms with Crippen molar-refractivity contribution in [1.82, 2.24) is 4.90 Å². The van der Waals surface area contributed by atoms with Crippen LogP contribution < -0.4 is 5.73 Å². The van der Waals surface area contributed by atoms with Crippen LogP contribution in [0, 0.1) is 5.82 Å². The van der Waals surface area contributed by atoms with Crippen LogP contribution in [0.2, 0.25) is 0 Å². The second-order valence-corrected chi connectivity index (χ2v) is 5.07. The summed E-state index contributed by atoms with van der Waals surface area (Å²) < 4.78 is 13.3. The number of likely N-dealkylation sites (tertiary alicyclic amines) is 1. The third-order valence-electron chi connectivity index (χ3n) is 3.40. The zero-order valence-electron chi connectivity index (χ0n) is 9.95. The maximum atomic E-state index is 13.3. The first kappa shape index (κ1) is 12.5. The highest BCUT2D eigenvalue weighted by atomic mass is 32.1. The van der Waals surface area contributed by atoms with E-state index in [4.69, 9.17) is 18.0 Å². The van der Waals surface area contributed by atoms with Crippen LogP contribution in [0.1, 0.15) is 30.9 Å². The van der Waals surface area contributed by atoms with Gasteiger partial charge in [-0.1, -0.05) is 12.2 Å². The highest BCUT2D eigenvalue weighted by Gasteiger charge is 2.21. The highest BCUT2D eigenvalue weighted by molar-refractivity contribution is 7.80. The molecule has 1 aromatic carbocycles. The molecule has 0 aliphatic carbocycles. The van der Waals surface area contributed by atoms with E-state index in [0.717, 1.165) is 24.2 Å². The number of benzene rings is 1. The van der Waals surface area contributed by atoms with E-state index in [1.54, 1.807) is 12.1 Å². The van der Waals surface area contributed by atoms with Crippen molar-refractivity contribution in [3.05, 3.63) is 35.1 Å². The largest absolute Gasteiger partial charge is 0.389 e. The molecule has 0 aromatic heterocycles. The Bertz CT molecular complexity index is 433. The van der Waals surface area contributed by atoms with Gasteiger partial charge in [0.1, 0.15) is 10.8 Å². The number of rotatable bonds is 3. The van der Waals surface area contributed by atoms with Gasteiger partial charge in [-0.05, 0) is 50.1 Å². The lowest BCUT2D eigenvalue weighted by Gasteiger charge is -2.22. The molecule has 2 rings (SSSR count). The molecule has 1 fully saturated rings. The SMILES string of the molecule is CC1CCCN1Cc1cc(F)ccc1C(N)=S. The Hall–Kier alpha value is -1.00. The summed E-state index contributed by atoms with van der Waals surface area (Å²) in [7, 11) is 0. The summed E-state index contributed by atoms with van der Waals surface area (Å²) in [4.78, 5) is 2.68. The zero-order valence-corrected chi connectivity index (χ0v) is 10.8. The van der Waals surface area contributed by atoms with Crippen molar-refractivity contribution in [2.24, 2.45) is 5.73 Å². The number of hydrogen-bond acceptors (Lipinski definition) is 2. The molecule has 0 bridgehead atoms. The van der Waals surface area contributed by atoms with Gasteiger partial charge in [0.25, 0.3) is 0 Å². The quantitative estimate of drug-likeness (QED) is 0.838. The van der Waals surface area contributed by atoms with Crippen LogP contribution in [0.3, 0.4) is 0 Å². The van der Waals surface area contributed by atoms with Crippen LogP contribution in [0.15, 0.2) is 18.2 Å². The average molecular weight is 252 g/mol. The topological polar surface area (TPSA) is 29.3 Å². The fraction of sp³-hybridized carbons (Fsp3) is 0.462. The van der Waals surface area contributed by atoms with Gasteiger partial charge in [-0.3, -0.25) is 4.90 Å². The Balaban J connectivity index is 2.24. The minimum absolute atomic E-state index is 0.230. The van der Waals surface area contributed by atoms with Crippen LogP contribution in [0.5, 0.6) is 0 Å². The predicted molar refractivity (Wildman–Crippen MR) is 71.4 cm³/mol. The molecule has 1 heterocycles. The Labute approximate surface area is 107 Å².